The van der Waals surface area contributed by atoms with Crippen LogP contribution in [0.1, 0.15) is 23.0 Å². The van der Waals surface area contributed by atoms with Crippen LogP contribution in [-0.4, -0.2) is 52.4 Å². The number of aromatic nitrogens is 1. The summed E-state index contributed by atoms with van der Waals surface area (Å²) >= 11 is 11.3. The zero-order valence-corrected chi connectivity index (χ0v) is 18.5. The fourth-order valence-corrected chi connectivity index (χ4v) is 5.34. The van der Waals surface area contributed by atoms with Crippen LogP contribution in [0.4, 0.5) is 0 Å². The number of amides is 2. The van der Waals surface area contributed by atoms with Crippen molar-refractivity contribution in [2.24, 2.45) is 0 Å². The molecule has 8 heteroatoms. The molecule has 28 heavy (non-hydrogen) atoms. The van der Waals surface area contributed by atoms with Crippen molar-refractivity contribution >= 4 is 60.9 Å². The molecule has 2 aromatic heterocycles. The number of carbonyl (C=O) groups is 2. The van der Waals surface area contributed by atoms with Crippen molar-refractivity contribution in [2.75, 3.05) is 26.2 Å². The predicted molar refractivity (Wildman–Crippen MR) is 116 cm³/mol. The Morgan fingerprint density at radius 1 is 1.11 bits per heavy atom. The maximum Gasteiger partial charge on any atom is 0.270 e. The van der Waals surface area contributed by atoms with E-state index in [0.717, 1.165) is 19.6 Å². The smallest absolute Gasteiger partial charge is 0.270 e. The summed E-state index contributed by atoms with van der Waals surface area (Å²) in [6.45, 7) is 4.41. The third kappa shape index (κ3) is 3.83. The number of benzene rings is 1. The van der Waals surface area contributed by atoms with Gasteiger partial charge in [0.2, 0.25) is 5.91 Å². The number of fused-ring (bicyclic) bond motifs is 1. The van der Waals surface area contributed by atoms with Crippen molar-refractivity contribution < 1.29 is 9.59 Å². The lowest BCUT2D eigenvalue weighted by atomic mass is 10.2. The summed E-state index contributed by atoms with van der Waals surface area (Å²) < 4.78 is 4.16. The zero-order valence-electron chi connectivity index (χ0n) is 15.3. The zero-order chi connectivity index (χ0) is 19.8. The molecule has 0 aliphatic carbocycles. The Hall–Kier alpha value is -1.83. The molecule has 0 unspecified atom stereocenters. The van der Waals surface area contributed by atoms with Crippen molar-refractivity contribution in [3.63, 3.8) is 0 Å². The summed E-state index contributed by atoms with van der Waals surface area (Å²) in [5.41, 5.74) is 2.75. The summed E-state index contributed by atoms with van der Waals surface area (Å²) in [6, 6.07) is 11.7. The Morgan fingerprint density at radius 2 is 1.82 bits per heavy atom. The molecule has 3 aromatic rings. The normalized spacial score (nSPS) is 14.7. The third-order valence-corrected chi connectivity index (χ3v) is 6.83. The summed E-state index contributed by atoms with van der Waals surface area (Å²) in [4.78, 5) is 28.4. The molecule has 3 heterocycles. The fourth-order valence-electron chi connectivity index (χ4n) is 3.56. The molecule has 5 nitrogen and oxygen atoms in total. The average Bonchev–Trinajstić information content (AvgIpc) is 3.18. The third-order valence-electron chi connectivity index (χ3n) is 5.02. The van der Waals surface area contributed by atoms with Crippen LogP contribution in [-0.2, 0) is 11.3 Å². The Bertz CT molecular complexity index is 1050. The molecule has 1 aromatic carbocycles. The molecule has 0 spiro atoms. The van der Waals surface area contributed by atoms with E-state index in [1.54, 1.807) is 23.2 Å². The predicted octanol–water partition coefficient (Wildman–Crippen LogP) is 4.47. The van der Waals surface area contributed by atoms with Gasteiger partial charge in [0.1, 0.15) is 5.69 Å². The number of piperazine rings is 1. The van der Waals surface area contributed by atoms with Gasteiger partial charge in [0.05, 0.1) is 14.0 Å². The number of hydrogen-bond donors (Lipinski definition) is 0. The van der Waals surface area contributed by atoms with Crippen molar-refractivity contribution in [3.8, 4) is 0 Å². The van der Waals surface area contributed by atoms with E-state index in [9.17, 15) is 9.59 Å². The van der Waals surface area contributed by atoms with Crippen LogP contribution in [0.25, 0.3) is 10.2 Å². The molecule has 0 bridgehead atoms. The average molecular weight is 481 g/mol. The second-order valence-electron chi connectivity index (χ2n) is 6.84. The van der Waals surface area contributed by atoms with E-state index >= 15 is 0 Å². The monoisotopic (exact) mass is 479 g/mol. The molecular formula is C20H19BrClN3O2S. The van der Waals surface area contributed by atoms with Gasteiger partial charge < -0.3 is 14.4 Å². The maximum absolute atomic E-state index is 13.3. The number of hydrogen-bond acceptors (Lipinski definition) is 3. The van der Waals surface area contributed by atoms with Crippen molar-refractivity contribution in [2.45, 2.75) is 13.5 Å². The van der Waals surface area contributed by atoms with Crippen LogP contribution in [0.15, 0.2) is 40.2 Å². The Morgan fingerprint density at radius 3 is 2.50 bits per heavy atom. The molecule has 0 saturated carbocycles. The lowest BCUT2D eigenvalue weighted by Crippen LogP contribution is -2.50. The van der Waals surface area contributed by atoms with E-state index in [2.05, 4.69) is 26.6 Å². The van der Waals surface area contributed by atoms with Crippen molar-refractivity contribution in [1.29, 1.82) is 0 Å². The highest BCUT2D eigenvalue weighted by Gasteiger charge is 2.26. The first-order valence-electron chi connectivity index (χ1n) is 9.00. The molecule has 2 amide bonds. The van der Waals surface area contributed by atoms with Crippen molar-refractivity contribution in [1.82, 2.24) is 14.4 Å². The van der Waals surface area contributed by atoms with Crippen LogP contribution >= 0.6 is 38.9 Å². The van der Waals surface area contributed by atoms with Gasteiger partial charge in [-0.15, -0.1) is 11.3 Å². The molecule has 1 aliphatic heterocycles. The van der Waals surface area contributed by atoms with Crippen LogP contribution in [0.3, 0.4) is 0 Å². The van der Waals surface area contributed by atoms with E-state index in [4.69, 9.17) is 11.6 Å². The summed E-state index contributed by atoms with van der Waals surface area (Å²) in [6.07, 6.45) is 0. The first-order chi connectivity index (χ1) is 13.4. The minimum atomic E-state index is 0.00440. The Kier molecular flexibility index (Phi) is 5.49. The van der Waals surface area contributed by atoms with Crippen LogP contribution < -0.4 is 0 Å². The topological polar surface area (TPSA) is 45.6 Å². The summed E-state index contributed by atoms with van der Waals surface area (Å²) in [7, 11) is 0. The van der Waals surface area contributed by atoms with Gasteiger partial charge >= 0.3 is 0 Å². The highest BCUT2D eigenvalue weighted by atomic mass is 79.9. The quantitative estimate of drug-likeness (QED) is 0.555. The molecule has 1 fully saturated rings. The molecule has 146 valence electrons. The van der Waals surface area contributed by atoms with Crippen LogP contribution in [0.5, 0.6) is 0 Å². The molecular weight excluding hydrogens is 462 g/mol. The Balaban J connectivity index is 1.66. The maximum atomic E-state index is 13.3. The fraction of sp³-hybridized carbons (Fsp3) is 0.300. The number of halogens is 2. The standard InChI is InChI=1S/C20H19BrClN3O2S/c1-13(26)23-5-7-24(8-6-23)20(27)17-10-18-16(11-19(21)28-18)25(17)12-14-3-2-4-15(22)9-14/h2-4,9-11H,5-8,12H2,1H3. The summed E-state index contributed by atoms with van der Waals surface area (Å²) in [5.74, 6) is 0.0616. The summed E-state index contributed by atoms with van der Waals surface area (Å²) in [5, 5.41) is 0.681. The van der Waals surface area contributed by atoms with Crippen LogP contribution in [0, 0.1) is 0 Å². The molecule has 0 atom stereocenters. The number of rotatable bonds is 3. The minimum absolute atomic E-state index is 0.00440. The second-order valence-corrected chi connectivity index (χ2v) is 9.74. The van der Waals surface area contributed by atoms with Gasteiger partial charge in [0.25, 0.3) is 5.91 Å². The molecule has 0 radical (unpaired) electrons. The highest BCUT2D eigenvalue weighted by molar-refractivity contribution is 9.11. The SMILES string of the molecule is CC(=O)N1CCN(C(=O)c2cc3sc(Br)cc3n2Cc2cccc(Cl)c2)CC1. The van der Waals surface area contributed by atoms with E-state index in [0.29, 0.717) is 43.4 Å². The van der Waals surface area contributed by atoms with E-state index in [-0.39, 0.29) is 11.8 Å². The lowest BCUT2D eigenvalue weighted by molar-refractivity contribution is -0.130. The van der Waals surface area contributed by atoms with E-state index in [1.165, 1.54) is 0 Å². The highest BCUT2D eigenvalue weighted by Crippen LogP contribution is 2.33. The molecule has 0 N–H and O–H groups in total. The number of carbonyl (C=O) groups excluding carboxylic acids is 2. The molecule has 4 rings (SSSR count). The van der Waals surface area contributed by atoms with Gasteiger partial charge in [-0.05, 0) is 45.8 Å². The second kappa shape index (κ2) is 7.89. The van der Waals surface area contributed by atoms with E-state index < -0.39 is 0 Å². The molecule has 1 saturated heterocycles. The number of nitrogens with zero attached hydrogens (tertiary/aromatic N) is 3. The first kappa shape index (κ1) is 19.5. The number of thiophene rings is 1. The Labute approximate surface area is 180 Å². The van der Waals surface area contributed by atoms with Crippen LogP contribution in [0.2, 0.25) is 5.02 Å². The lowest BCUT2D eigenvalue weighted by Gasteiger charge is -2.34. The van der Waals surface area contributed by atoms with Gasteiger partial charge in [-0.3, -0.25) is 9.59 Å². The first-order valence-corrected chi connectivity index (χ1v) is 11.0. The van der Waals surface area contributed by atoms with Gasteiger partial charge in [0, 0.05) is 44.7 Å². The van der Waals surface area contributed by atoms with Gasteiger partial charge in [-0.25, -0.2) is 0 Å². The van der Waals surface area contributed by atoms with Crippen molar-refractivity contribution in [3.05, 3.63) is 56.5 Å². The van der Waals surface area contributed by atoms with Gasteiger partial charge in [-0.1, -0.05) is 23.7 Å². The minimum Gasteiger partial charge on any atom is -0.339 e. The van der Waals surface area contributed by atoms with E-state index in [1.807, 2.05) is 35.2 Å². The largest absolute Gasteiger partial charge is 0.339 e. The van der Waals surface area contributed by atoms with Gasteiger partial charge in [-0.2, -0.15) is 0 Å². The molecule has 1 aliphatic rings. The van der Waals surface area contributed by atoms with Gasteiger partial charge in [0.15, 0.2) is 0 Å².